The van der Waals surface area contributed by atoms with Crippen molar-refractivity contribution >= 4 is 40.5 Å². The second-order valence-corrected chi connectivity index (χ2v) is 8.73. The summed E-state index contributed by atoms with van der Waals surface area (Å²) in [6.45, 7) is 3.46. The first-order valence-electron chi connectivity index (χ1n) is 11.0. The third-order valence-electron chi connectivity index (χ3n) is 5.85. The molecule has 0 saturated heterocycles. The van der Waals surface area contributed by atoms with Crippen LogP contribution in [0.3, 0.4) is 0 Å². The van der Waals surface area contributed by atoms with Crippen LogP contribution in [-0.4, -0.2) is 34.7 Å². The highest BCUT2D eigenvalue weighted by molar-refractivity contribution is 6.30. The Hall–Kier alpha value is -3.78. The predicted octanol–water partition coefficient (Wildman–Crippen LogP) is 4.83. The van der Waals surface area contributed by atoms with Gasteiger partial charge in [0.25, 0.3) is 11.8 Å². The third kappa shape index (κ3) is 4.24. The summed E-state index contributed by atoms with van der Waals surface area (Å²) in [7, 11) is 0. The Morgan fingerprint density at radius 2 is 2.03 bits per heavy atom. The first-order valence-corrected chi connectivity index (χ1v) is 11.3. The number of nitrogens with one attached hydrogen (secondary N) is 2. The van der Waals surface area contributed by atoms with Crippen LogP contribution in [0.1, 0.15) is 37.6 Å². The zero-order valence-corrected chi connectivity index (χ0v) is 19.4. The van der Waals surface area contributed by atoms with Crippen molar-refractivity contribution in [2.75, 3.05) is 10.6 Å². The number of hydrogen-bond acceptors (Lipinski definition) is 6. The number of fused-ring (bicyclic) bond motifs is 1. The molecule has 3 aromatic rings. The highest BCUT2D eigenvalue weighted by atomic mass is 35.5. The Balaban J connectivity index is 1.37. The first kappa shape index (κ1) is 22.0. The van der Waals surface area contributed by atoms with Crippen molar-refractivity contribution in [3.8, 4) is 5.75 Å². The van der Waals surface area contributed by atoms with Crippen molar-refractivity contribution < 1.29 is 18.7 Å². The van der Waals surface area contributed by atoms with Crippen molar-refractivity contribution in [1.82, 2.24) is 5.01 Å². The van der Waals surface area contributed by atoms with E-state index in [4.69, 9.17) is 20.8 Å². The van der Waals surface area contributed by atoms with Gasteiger partial charge in [0.05, 0.1) is 17.7 Å². The van der Waals surface area contributed by atoms with Gasteiger partial charge in [-0.3, -0.25) is 9.59 Å². The number of furan rings is 1. The lowest BCUT2D eigenvalue weighted by Crippen LogP contribution is -2.39. The summed E-state index contributed by atoms with van der Waals surface area (Å²) in [5.74, 6) is 0.829. The smallest absolute Gasteiger partial charge is 0.265 e. The molecule has 174 valence electrons. The maximum absolute atomic E-state index is 13.5. The van der Waals surface area contributed by atoms with Crippen molar-refractivity contribution in [2.45, 2.75) is 38.5 Å². The molecule has 2 aliphatic rings. The number of amides is 2. The Morgan fingerprint density at radius 1 is 1.24 bits per heavy atom. The van der Waals surface area contributed by atoms with E-state index in [1.165, 1.54) is 5.01 Å². The topological polar surface area (TPSA) is 96.2 Å². The lowest BCUT2D eigenvalue weighted by Gasteiger charge is -2.26. The molecule has 0 spiro atoms. The molecule has 0 bridgehead atoms. The Labute approximate surface area is 201 Å². The van der Waals surface area contributed by atoms with Crippen molar-refractivity contribution in [1.29, 1.82) is 0 Å². The van der Waals surface area contributed by atoms with Crippen molar-refractivity contribution in [3.63, 3.8) is 0 Å². The number of benzene rings is 2. The van der Waals surface area contributed by atoms with E-state index < -0.39 is 12.1 Å². The first-order chi connectivity index (χ1) is 16.4. The molecule has 0 aliphatic carbocycles. The minimum absolute atomic E-state index is 0.211. The Bertz CT molecular complexity index is 1260. The number of rotatable bonds is 5. The molecule has 0 unspecified atom stereocenters. The lowest BCUT2D eigenvalue weighted by atomic mass is 10.0. The van der Waals surface area contributed by atoms with Crippen LogP contribution in [0, 0.1) is 0 Å². The molecular formula is C25H23ClN4O4. The minimum Gasteiger partial charge on any atom is -0.479 e. The van der Waals surface area contributed by atoms with Gasteiger partial charge in [-0.1, -0.05) is 23.7 Å². The van der Waals surface area contributed by atoms with E-state index in [0.29, 0.717) is 34.3 Å². The van der Waals surface area contributed by atoms with Crippen LogP contribution >= 0.6 is 11.6 Å². The van der Waals surface area contributed by atoms with Gasteiger partial charge in [0.2, 0.25) is 0 Å². The van der Waals surface area contributed by atoms with Gasteiger partial charge in [0.1, 0.15) is 23.6 Å². The molecular weight excluding hydrogens is 456 g/mol. The van der Waals surface area contributed by atoms with Gasteiger partial charge in [-0.05, 0) is 61.9 Å². The van der Waals surface area contributed by atoms with Crippen LogP contribution < -0.4 is 15.4 Å². The maximum atomic E-state index is 13.5. The van der Waals surface area contributed by atoms with Crippen LogP contribution in [0.25, 0.3) is 0 Å². The van der Waals surface area contributed by atoms with Gasteiger partial charge < -0.3 is 19.8 Å². The molecule has 1 aromatic heterocycles. The molecule has 2 aliphatic heterocycles. The number of carbonyl (C=O) groups is 2. The van der Waals surface area contributed by atoms with Gasteiger partial charge in [0.15, 0.2) is 6.10 Å². The summed E-state index contributed by atoms with van der Waals surface area (Å²) in [5.41, 5.74) is 2.91. The fraction of sp³-hybridized carbons (Fsp3) is 0.240. The average Bonchev–Trinajstić information content (AvgIpc) is 3.50. The lowest BCUT2D eigenvalue weighted by molar-refractivity contribution is -0.133. The van der Waals surface area contributed by atoms with E-state index in [1.54, 1.807) is 50.4 Å². The largest absolute Gasteiger partial charge is 0.479 e. The molecule has 2 aromatic carbocycles. The van der Waals surface area contributed by atoms with Crippen LogP contribution in [0.2, 0.25) is 5.02 Å². The summed E-state index contributed by atoms with van der Waals surface area (Å²) in [6.07, 6.45) is 1.56. The van der Waals surface area contributed by atoms with Gasteiger partial charge in [-0.15, -0.1) is 0 Å². The molecule has 3 atom stereocenters. The minimum atomic E-state index is -0.594. The van der Waals surface area contributed by atoms with Crippen LogP contribution in [-0.2, 0) is 9.59 Å². The summed E-state index contributed by atoms with van der Waals surface area (Å²) < 4.78 is 11.2. The number of nitrogens with zero attached hydrogens (tertiary/aromatic N) is 2. The van der Waals surface area contributed by atoms with Crippen molar-refractivity contribution in [2.24, 2.45) is 5.10 Å². The second kappa shape index (κ2) is 8.87. The number of carbonyl (C=O) groups excluding carboxylic acids is 2. The maximum Gasteiger partial charge on any atom is 0.265 e. The Kier molecular flexibility index (Phi) is 5.75. The molecule has 2 amide bonds. The number of hydrogen-bond donors (Lipinski definition) is 2. The summed E-state index contributed by atoms with van der Waals surface area (Å²) in [4.78, 5) is 25.4. The average molecular weight is 479 g/mol. The summed E-state index contributed by atoms with van der Waals surface area (Å²) >= 11 is 6.03. The fourth-order valence-electron chi connectivity index (χ4n) is 4.04. The third-order valence-corrected chi connectivity index (χ3v) is 6.10. The highest BCUT2D eigenvalue weighted by Gasteiger charge is 2.37. The standard InChI is InChI=1S/C25H23ClN4O4/c1-14(27-18-9-10-22-20(12-18)28-24(31)15(2)34-22)25(32)30-21(23-4-3-11-33-23)13-19(29-30)16-5-7-17(26)8-6-16/h3-12,14-15,21,27H,13H2,1-2H3,(H,28,31)/t14-,15+,21-/m0/s1. The van der Waals surface area contributed by atoms with Gasteiger partial charge in [0, 0.05) is 17.1 Å². The van der Waals surface area contributed by atoms with Crippen LogP contribution in [0.15, 0.2) is 70.4 Å². The number of ether oxygens (including phenoxy) is 1. The van der Waals surface area contributed by atoms with E-state index in [1.807, 2.05) is 24.3 Å². The van der Waals surface area contributed by atoms with E-state index in [0.717, 1.165) is 11.3 Å². The normalized spacial score (nSPS) is 20.1. The van der Waals surface area contributed by atoms with E-state index in [-0.39, 0.29) is 17.9 Å². The molecule has 34 heavy (non-hydrogen) atoms. The molecule has 2 N–H and O–H groups in total. The van der Waals surface area contributed by atoms with Gasteiger partial charge in [-0.2, -0.15) is 5.10 Å². The number of hydrazone groups is 1. The molecule has 0 fully saturated rings. The van der Waals surface area contributed by atoms with Crippen LogP contribution in [0.4, 0.5) is 11.4 Å². The zero-order chi connectivity index (χ0) is 23.8. The van der Waals surface area contributed by atoms with Gasteiger partial charge in [-0.25, -0.2) is 5.01 Å². The monoisotopic (exact) mass is 478 g/mol. The zero-order valence-electron chi connectivity index (χ0n) is 18.6. The summed E-state index contributed by atoms with van der Waals surface area (Å²) in [5, 5.41) is 12.8. The molecule has 0 saturated carbocycles. The summed E-state index contributed by atoms with van der Waals surface area (Å²) in [6, 6.07) is 15.4. The predicted molar refractivity (Wildman–Crippen MR) is 129 cm³/mol. The van der Waals surface area contributed by atoms with Gasteiger partial charge >= 0.3 is 0 Å². The molecule has 9 heteroatoms. The number of anilines is 2. The van der Waals surface area contributed by atoms with Crippen LogP contribution in [0.5, 0.6) is 5.75 Å². The highest BCUT2D eigenvalue weighted by Crippen LogP contribution is 2.35. The molecule has 8 nitrogen and oxygen atoms in total. The Morgan fingerprint density at radius 3 is 2.76 bits per heavy atom. The fourth-order valence-corrected chi connectivity index (χ4v) is 4.17. The van der Waals surface area contributed by atoms with E-state index in [2.05, 4.69) is 15.7 Å². The van der Waals surface area contributed by atoms with Crippen molar-refractivity contribution in [3.05, 3.63) is 77.2 Å². The quantitative estimate of drug-likeness (QED) is 0.547. The molecule has 5 rings (SSSR count). The SMILES string of the molecule is C[C@H](Nc1ccc2c(c1)NC(=O)[C@@H](C)O2)C(=O)N1N=C(c2ccc(Cl)cc2)C[C@H]1c1ccco1. The number of halogens is 1. The molecule has 0 radical (unpaired) electrons. The van der Waals surface area contributed by atoms with E-state index >= 15 is 0 Å². The van der Waals surface area contributed by atoms with E-state index in [9.17, 15) is 9.59 Å². The second-order valence-electron chi connectivity index (χ2n) is 8.30. The molecule has 3 heterocycles.